The molecule has 5 nitrogen and oxygen atoms in total. The number of aromatic amines is 1. The third-order valence-corrected chi connectivity index (χ3v) is 4.48. The minimum Gasteiger partial charge on any atom is -0.481 e. The fourth-order valence-electron chi connectivity index (χ4n) is 2.97. The Balaban J connectivity index is 1.53. The van der Waals surface area contributed by atoms with Crippen molar-refractivity contribution in [1.29, 1.82) is 0 Å². The van der Waals surface area contributed by atoms with Crippen LogP contribution in [0.2, 0.25) is 0 Å². The highest BCUT2D eigenvalue weighted by molar-refractivity contribution is 5.98. The van der Waals surface area contributed by atoms with E-state index in [-0.39, 0.29) is 12.3 Å². The van der Waals surface area contributed by atoms with Crippen LogP contribution in [-0.2, 0) is 17.6 Å². The molecule has 2 aromatic carbocycles. The molecule has 0 spiro atoms. The van der Waals surface area contributed by atoms with Crippen LogP contribution in [0.25, 0.3) is 10.9 Å². The predicted molar refractivity (Wildman–Crippen MR) is 101 cm³/mol. The van der Waals surface area contributed by atoms with Gasteiger partial charge in [-0.3, -0.25) is 9.59 Å². The maximum atomic E-state index is 12.3. The van der Waals surface area contributed by atoms with E-state index in [9.17, 15) is 9.59 Å². The van der Waals surface area contributed by atoms with Crippen molar-refractivity contribution in [2.75, 3.05) is 6.54 Å². The Hall–Kier alpha value is -3.08. The first-order valence-electron chi connectivity index (χ1n) is 8.69. The monoisotopic (exact) mass is 350 g/mol. The minimum atomic E-state index is -0.788. The lowest BCUT2D eigenvalue weighted by molar-refractivity contribution is -0.136. The van der Waals surface area contributed by atoms with E-state index in [0.29, 0.717) is 18.7 Å². The Morgan fingerprint density at radius 1 is 1.04 bits per heavy atom. The van der Waals surface area contributed by atoms with Gasteiger partial charge in [0.2, 0.25) is 0 Å². The largest absolute Gasteiger partial charge is 0.481 e. The first-order valence-corrected chi connectivity index (χ1v) is 8.69. The molecule has 5 heteroatoms. The molecular weight excluding hydrogens is 328 g/mol. The fourth-order valence-corrected chi connectivity index (χ4v) is 2.97. The molecule has 0 unspecified atom stereocenters. The molecule has 3 rings (SSSR count). The standard InChI is InChI=1S/C21H22N2O3/c1-14-3-2-4-18-17(14)13-19(23-18)21(26)22-12-11-16-7-5-15(6-8-16)9-10-20(24)25/h2-8,13,23H,9-12H2,1H3,(H,22,26)(H,24,25). The Morgan fingerprint density at radius 3 is 2.38 bits per heavy atom. The summed E-state index contributed by atoms with van der Waals surface area (Å²) in [6.45, 7) is 2.57. The molecule has 1 heterocycles. The van der Waals surface area contributed by atoms with Gasteiger partial charge in [-0.2, -0.15) is 0 Å². The van der Waals surface area contributed by atoms with Crippen LogP contribution in [0.3, 0.4) is 0 Å². The quantitative estimate of drug-likeness (QED) is 0.610. The summed E-state index contributed by atoms with van der Waals surface area (Å²) in [5, 5.41) is 12.7. The van der Waals surface area contributed by atoms with Gasteiger partial charge in [-0.15, -0.1) is 0 Å². The molecular formula is C21H22N2O3. The van der Waals surface area contributed by atoms with Crippen LogP contribution >= 0.6 is 0 Å². The normalized spacial score (nSPS) is 10.8. The van der Waals surface area contributed by atoms with E-state index < -0.39 is 5.97 Å². The molecule has 0 atom stereocenters. The third-order valence-electron chi connectivity index (χ3n) is 4.48. The Kier molecular flexibility index (Phi) is 5.37. The molecule has 0 aliphatic carbocycles. The van der Waals surface area contributed by atoms with Crippen molar-refractivity contribution in [3.63, 3.8) is 0 Å². The molecule has 134 valence electrons. The lowest BCUT2D eigenvalue weighted by atomic mass is 10.1. The fraction of sp³-hybridized carbons (Fsp3) is 0.238. The average Bonchev–Trinajstić information content (AvgIpc) is 3.07. The Morgan fingerprint density at radius 2 is 1.73 bits per heavy atom. The van der Waals surface area contributed by atoms with Crippen molar-refractivity contribution in [1.82, 2.24) is 10.3 Å². The smallest absolute Gasteiger partial charge is 0.303 e. The summed E-state index contributed by atoms with van der Waals surface area (Å²) in [5.41, 5.74) is 4.79. The second kappa shape index (κ2) is 7.87. The number of hydrogen-bond acceptors (Lipinski definition) is 2. The van der Waals surface area contributed by atoms with Gasteiger partial charge in [0.25, 0.3) is 5.91 Å². The number of nitrogens with one attached hydrogen (secondary N) is 2. The number of carboxylic acid groups (broad SMARTS) is 1. The zero-order valence-electron chi connectivity index (χ0n) is 14.7. The number of carbonyl (C=O) groups excluding carboxylic acids is 1. The third kappa shape index (κ3) is 4.30. The van der Waals surface area contributed by atoms with Gasteiger partial charge in [-0.05, 0) is 48.6 Å². The number of aryl methyl sites for hydroxylation is 2. The van der Waals surface area contributed by atoms with Crippen LogP contribution in [0, 0.1) is 6.92 Å². The number of aliphatic carboxylic acids is 1. The minimum absolute atomic E-state index is 0.112. The van der Waals surface area contributed by atoms with Gasteiger partial charge >= 0.3 is 5.97 Å². The van der Waals surface area contributed by atoms with Crippen molar-refractivity contribution in [3.8, 4) is 0 Å². The lowest BCUT2D eigenvalue weighted by Crippen LogP contribution is -2.25. The van der Waals surface area contributed by atoms with E-state index in [1.807, 2.05) is 55.5 Å². The van der Waals surface area contributed by atoms with Crippen LogP contribution in [0.4, 0.5) is 0 Å². The number of carboxylic acids is 1. The molecule has 1 amide bonds. The average molecular weight is 350 g/mol. The molecule has 0 radical (unpaired) electrons. The van der Waals surface area contributed by atoms with Gasteiger partial charge in [-0.25, -0.2) is 0 Å². The number of aromatic nitrogens is 1. The number of benzene rings is 2. The zero-order chi connectivity index (χ0) is 18.5. The maximum Gasteiger partial charge on any atom is 0.303 e. The molecule has 3 aromatic rings. The Labute approximate surface area is 152 Å². The highest BCUT2D eigenvalue weighted by Crippen LogP contribution is 2.19. The van der Waals surface area contributed by atoms with Crippen LogP contribution in [0.5, 0.6) is 0 Å². The van der Waals surface area contributed by atoms with Gasteiger partial charge in [0, 0.05) is 23.9 Å². The van der Waals surface area contributed by atoms with Gasteiger partial charge in [0.1, 0.15) is 5.69 Å². The summed E-state index contributed by atoms with van der Waals surface area (Å²) in [6.07, 6.45) is 1.40. The molecule has 0 aliphatic heterocycles. The van der Waals surface area contributed by atoms with Crippen molar-refractivity contribution in [2.45, 2.75) is 26.2 Å². The first-order chi connectivity index (χ1) is 12.5. The van der Waals surface area contributed by atoms with Crippen molar-refractivity contribution < 1.29 is 14.7 Å². The molecule has 0 bridgehead atoms. The van der Waals surface area contributed by atoms with Gasteiger partial charge in [0.15, 0.2) is 0 Å². The second-order valence-electron chi connectivity index (χ2n) is 6.44. The van der Waals surface area contributed by atoms with Crippen molar-refractivity contribution in [3.05, 3.63) is 70.9 Å². The number of fused-ring (bicyclic) bond motifs is 1. The highest BCUT2D eigenvalue weighted by atomic mass is 16.4. The molecule has 1 aromatic heterocycles. The van der Waals surface area contributed by atoms with Crippen LogP contribution in [0.15, 0.2) is 48.5 Å². The van der Waals surface area contributed by atoms with Gasteiger partial charge < -0.3 is 15.4 Å². The van der Waals surface area contributed by atoms with Gasteiger partial charge in [0.05, 0.1) is 0 Å². The first kappa shape index (κ1) is 17.7. The lowest BCUT2D eigenvalue weighted by Gasteiger charge is -2.05. The molecule has 0 aliphatic rings. The molecule has 0 fully saturated rings. The van der Waals surface area contributed by atoms with E-state index in [1.54, 1.807) is 0 Å². The number of amides is 1. The van der Waals surface area contributed by atoms with E-state index in [0.717, 1.165) is 34.0 Å². The zero-order valence-corrected chi connectivity index (χ0v) is 14.7. The van der Waals surface area contributed by atoms with E-state index in [4.69, 9.17) is 5.11 Å². The second-order valence-corrected chi connectivity index (χ2v) is 6.44. The SMILES string of the molecule is Cc1cccc2[nH]c(C(=O)NCCc3ccc(CCC(=O)O)cc3)cc12. The van der Waals surface area contributed by atoms with Crippen LogP contribution in [0.1, 0.15) is 33.6 Å². The molecule has 0 saturated carbocycles. The highest BCUT2D eigenvalue weighted by Gasteiger charge is 2.10. The number of rotatable bonds is 7. The molecule has 3 N–H and O–H groups in total. The Bertz CT molecular complexity index is 926. The van der Waals surface area contributed by atoms with E-state index >= 15 is 0 Å². The van der Waals surface area contributed by atoms with Crippen molar-refractivity contribution in [2.24, 2.45) is 0 Å². The summed E-state index contributed by atoms with van der Waals surface area (Å²) in [5.74, 6) is -0.900. The van der Waals surface area contributed by atoms with Crippen LogP contribution < -0.4 is 5.32 Å². The van der Waals surface area contributed by atoms with E-state index in [2.05, 4.69) is 10.3 Å². The van der Waals surface area contributed by atoms with Gasteiger partial charge in [-0.1, -0.05) is 36.4 Å². The van der Waals surface area contributed by atoms with Crippen LogP contribution in [-0.4, -0.2) is 28.5 Å². The summed E-state index contributed by atoms with van der Waals surface area (Å²) >= 11 is 0. The summed E-state index contributed by atoms with van der Waals surface area (Å²) in [7, 11) is 0. The maximum absolute atomic E-state index is 12.3. The predicted octanol–water partition coefficient (Wildman–Crippen LogP) is 3.47. The number of hydrogen-bond donors (Lipinski definition) is 3. The number of carbonyl (C=O) groups is 2. The van der Waals surface area contributed by atoms with E-state index in [1.165, 1.54) is 0 Å². The summed E-state index contributed by atoms with van der Waals surface area (Å²) in [4.78, 5) is 26.1. The summed E-state index contributed by atoms with van der Waals surface area (Å²) in [6, 6.07) is 15.7. The summed E-state index contributed by atoms with van der Waals surface area (Å²) < 4.78 is 0. The molecule has 26 heavy (non-hydrogen) atoms. The topological polar surface area (TPSA) is 82.2 Å². The number of H-pyrrole nitrogens is 1. The molecule has 0 saturated heterocycles. The van der Waals surface area contributed by atoms with Crippen molar-refractivity contribution >= 4 is 22.8 Å².